The van der Waals surface area contributed by atoms with Gasteiger partial charge in [0.2, 0.25) is 0 Å². The molecule has 1 unspecified atom stereocenters. The van der Waals surface area contributed by atoms with E-state index in [-0.39, 0.29) is 23.1 Å². The van der Waals surface area contributed by atoms with Gasteiger partial charge >= 0.3 is 6.18 Å². The Bertz CT molecular complexity index is 1130. The number of alkyl halides is 3. The molecule has 0 bridgehead atoms. The third kappa shape index (κ3) is 5.83. The molecule has 2 heterocycles. The van der Waals surface area contributed by atoms with Crippen LogP contribution in [0.15, 0.2) is 42.5 Å². The molecule has 0 radical (unpaired) electrons. The molecular weight excluding hydrogens is 531 g/mol. The number of piperidine rings is 1. The van der Waals surface area contributed by atoms with Crippen molar-refractivity contribution < 1.29 is 13.2 Å². The summed E-state index contributed by atoms with van der Waals surface area (Å²) in [6.07, 6.45) is -1.84. The fraction of sp³-hybridized carbons (Fsp3) is 0.348. The molecule has 184 valence electrons. The van der Waals surface area contributed by atoms with Crippen molar-refractivity contribution in [2.75, 3.05) is 13.1 Å². The predicted octanol–water partition coefficient (Wildman–Crippen LogP) is 7.82. The second-order valence-electron chi connectivity index (χ2n) is 8.02. The lowest BCUT2D eigenvalue weighted by molar-refractivity contribution is -0.172. The van der Waals surface area contributed by atoms with E-state index in [4.69, 9.17) is 34.8 Å². The molecule has 1 atom stereocenters. The van der Waals surface area contributed by atoms with Crippen molar-refractivity contribution in [2.24, 2.45) is 0 Å². The molecule has 3 aromatic rings. The highest BCUT2D eigenvalue weighted by molar-refractivity contribution is 6.35. The topological polar surface area (TPSA) is 33.1 Å². The number of hydrazine groups is 1. The van der Waals surface area contributed by atoms with E-state index in [0.29, 0.717) is 45.6 Å². The monoisotopic (exact) mass is 552 g/mol. The molecule has 0 aliphatic carbocycles. The highest BCUT2D eigenvalue weighted by Gasteiger charge is 2.45. The van der Waals surface area contributed by atoms with Crippen molar-refractivity contribution in [3.05, 3.63) is 68.8 Å². The third-order valence-electron chi connectivity index (χ3n) is 5.68. The van der Waals surface area contributed by atoms with Crippen molar-refractivity contribution in [3.63, 3.8) is 0 Å². The summed E-state index contributed by atoms with van der Waals surface area (Å²) in [6, 6.07) is 9.70. The van der Waals surface area contributed by atoms with Crippen LogP contribution in [-0.2, 0) is 0 Å². The second-order valence-corrected chi connectivity index (χ2v) is 9.30. The van der Waals surface area contributed by atoms with Crippen molar-refractivity contribution >= 4 is 47.2 Å². The van der Waals surface area contributed by atoms with E-state index in [2.05, 4.69) is 10.5 Å². The Morgan fingerprint density at radius 3 is 2.15 bits per heavy atom. The zero-order valence-corrected chi connectivity index (χ0v) is 21.3. The van der Waals surface area contributed by atoms with E-state index in [1.807, 2.05) is 0 Å². The molecule has 1 N–H and O–H groups in total. The van der Waals surface area contributed by atoms with Gasteiger partial charge in [0.25, 0.3) is 0 Å². The molecule has 1 aromatic heterocycles. The first-order valence-corrected chi connectivity index (χ1v) is 11.7. The van der Waals surface area contributed by atoms with Gasteiger partial charge in [0, 0.05) is 34.3 Å². The van der Waals surface area contributed by atoms with Crippen molar-refractivity contribution in [1.82, 2.24) is 20.2 Å². The van der Waals surface area contributed by atoms with Gasteiger partial charge in [-0.1, -0.05) is 53.4 Å². The summed E-state index contributed by atoms with van der Waals surface area (Å²) in [5.74, 6) is 0. The summed E-state index contributed by atoms with van der Waals surface area (Å²) in [7, 11) is 0. The van der Waals surface area contributed by atoms with Gasteiger partial charge in [0.1, 0.15) is 0 Å². The minimum absolute atomic E-state index is 0. The highest BCUT2D eigenvalue weighted by atomic mass is 35.5. The molecule has 1 fully saturated rings. The van der Waals surface area contributed by atoms with Crippen LogP contribution in [0.4, 0.5) is 13.2 Å². The van der Waals surface area contributed by atoms with Gasteiger partial charge in [-0.3, -0.25) is 0 Å². The molecule has 1 aliphatic heterocycles. The molecule has 0 saturated carbocycles. The van der Waals surface area contributed by atoms with Gasteiger partial charge in [0.15, 0.2) is 6.04 Å². The lowest BCUT2D eigenvalue weighted by Gasteiger charge is -2.32. The van der Waals surface area contributed by atoms with Crippen LogP contribution >= 0.6 is 47.2 Å². The van der Waals surface area contributed by atoms with Gasteiger partial charge in [-0.2, -0.15) is 18.3 Å². The fourth-order valence-electron chi connectivity index (χ4n) is 4.06. The van der Waals surface area contributed by atoms with Crippen LogP contribution in [0.25, 0.3) is 16.9 Å². The Labute approximate surface area is 217 Å². The summed E-state index contributed by atoms with van der Waals surface area (Å²) >= 11 is 18.5. The Balaban J connectivity index is 0.00000324. The normalized spacial score (nSPS) is 15.7. The molecule has 0 spiro atoms. The summed E-state index contributed by atoms with van der Waals surface area (Å²) in [4.78, 5) is 0. The Kier molecular flexibility index (Phi) is 8.82. The van der Waals surface area contributed by atoms with Gasteiger partial charge < -0.3 is 0 Å². The van der Waals surface area contributed by atoms with E-state index in [9.17, 15) is 13.2 Å². The average molecular weight is 554 g/mol. The minimum Gasteiger partial charge on any atom is -0.244 e. The number of rotatable bonds is 5. The maximum absolute atomic E-state index is 14.3. The molecule has 4 nitrogen and oxygen atoms in total. The van der Waals surface area contributed by atoms with Crippen LogP contribution in [0, 0.1) is 6.92 Å². The smallest absolute Gasteiger partial charge is 0.244 e. The number of aromatic nitrogens is 2. The quantitative estimate of drug-likeness (QED) is 0.349. The standard InChI is InChI=1S/C23H22Cl3F3N4.ClH/c1-14-20(22(23(27,28)29)31-32-11-3-2-4-12-32)30-33(19-10-9-17(25)13-18(19)26)21(14)15-5-7-16(24)8-6-15;/h5-10,13,22,31H,2-4,11-12H2,1H3;1H. The number of nitrogens with zero attached hydrogens (tertiary/aromatic N) is 3. The van der Waals surface area contributed by atoms with Crippen LogP contribution in [0.3, 0.4) is 0 Å². The number of halogens is 7. The molecule has 4 rings (SSSR count). The van der Waals surface area contributed by atoms with Gasteiger partial charge in [-0.25, -0.2) is 15.1 Å². The maximum atomic E-state index is 14.3. The number of hydrogen-bond donors (Lipinski definition) is 1. The lowest BCUT2D eigenvalue weighted by atomic mass is 10.0. The third-order valence-corrected chi connectivity index (χ3v) is 6.47. The number of nitrogens with one attached hydrogen (secondary N) is 1. The van der Waals surface area contributed by atoms with Gasteiger partial charge in [0.05, 0.1) is 22.1 Å². The number of benzene rings is 2. The second kappa shape index (κ2) is 11.1. The Morgan fingerprint density at radius 2 is 1.56 bits per heavy atom. The van der Waals surface area contributed by atoms with Gasteiger partial charge in [-0.05, 0) is 50.1 Å². The molecule has 1 aliphatic rings. The summed E-state index contributed by atoms with van der Waals surface area (Å²) < 4.78 is 44.3. The largest absolute Gasteiger partial charge is 0.410 e. The summed E-state index contributed by atoms with van der Waals surface area (Å²) in [5, 5.41) is 7.30. The SMILES string of the molecule is Cc1c(C(NN2CCCCC2)C(F)(F)F)nn(-c2ccc(Cl)cc2Cl)c1-c1ccc(Cl)cc1.Cl. The molecule has 11 heteroatoms. The van der Waals surface area contributed by atoms with Crippen LogP contribution in [-0.4, -0.2) is 34.1 Å². The maximum Gasteiger partial charge on any atom is 0.410 e. The Morgan fingerprint density at radius 1 is 0.941 bits per heavy atom. The van der Waals surface area contributed by atoms with Crippen LogP contribution in [0.2, 0.25) is 15.1 Å². The van der Waals surface area contributed by atoms with Crippen LogP contribution in [0.1, 0.15) is 36.6 Å². The van der Waals surface area contributed by atoms with E-state index in [1.165, 1.54) is 10.7 Å². The van der Waals surface area contributed by atoms with E-state index < -0.39 is 12.2 Å². The zero-order valence-electron chi connectivity index (χ0n) is 18.2. The van der Waals surface area contributed by atoms with Crippen LogP contribution in [0.5, 0.6) is 0 Å². The summed E-state index contributed by atoms with van der Waals surface area (Å²) in [5.41, 5.74) is 4.58. The first-order chi connectivity index (χ1) is 15.6. The van der Waals surface area contributed by atoms with Crippen molar-refractivity contribution in [1.29, 1.82) is 0 Å². The average Bonchev–Trinajstić information content (AvgIpc) is 3.09. The molecular formula is C23H23Cl4F3N4. The first kappa shape index (κ1) is 27.1. The van der Waals surface area contributed by atoms with Crippen LogP contribution < -0.4 is 5.43 Å². The fourth-order valence-corrected chi connectivity index (χ4v) is 4.67. The first-order valence-electron chi connectivity index (χ1n) is 10.5. The van der Waals surface area contributed by atoms with E-state index >= 15 is 0 Å². The van der Waals surface area contributed by atoms with E-state index in [1.54, 1.807) is 48.3 Å². The Hall–Kier alpha value is -1.48. The van der Waals surface area contributed by atoms with Crippen molar-refractivity contribution in [3.8, 4) is 16.9 Å². The molecule has 0 amide bonds. The molecule has 1 saturated heterocycles. The zero-order chi connectivity index (χ0) is 23.8. The molecule has 34 heavy (non-hydrogen) atoms. The molecule has 2 aromatic carbocycles. The lowest BCUT2D eigenvalue weighted by Crippen LogP contribution is -2.48. The van der Waals surface area contributed by atoms with Crippen molar-refractivity contribution in [2.45, 2.75) is 38.4 Å². The van der Waals surface area contributed by atoms with E-state index in [0.717, 1.165) is 19.3 Å². The minimum atomic E-state index is -4.55. The highest BCUT2D eigenvalue weighted by Crippen LogP contribution is 2.39. The number of hydrogen-bond acceptors (Lipinski definition) is 3. The van der Waals surface area contributed by atoms with Gasteiger partial charge in [-0.15, -0.1) is 12.4 Å². The summed E-state index contributed by atoms with van der Waals surface area (Å²) in [6.45, 7) is 2.75. The predicted molar refractivity (Wildman–Crippen MR) is 133 cm³/mol.